The number of hydrogen-bond donors (Lipinski definition) is 1. The van der Waals surface area contributed by atoms with Crippen LogP contribution in [0.2, 0.25) is 0 Å². The maximum absolute atomic E-state index is 13.6. The minimum absolute atomic E-state index is 0.0816. The average molecular weight is 530 g/mol. The third-order valence-corrected chi connectivity index (χ3v) is 7.29. The minimum atomic E-state index is -0.814. The number of benzene rings is 4. The number of nitrogens with zero attached hydrogens (tertiary/aromatic N) is 1. The molecule has 4 aromatic carbocycles. The summed E-state index contributed by atoms with van der Waals surface area (Å²) in [6.45, 7) is 0. The first-order valence-electron chi connectivity index (χ1n) is 12.7. The van der Waals surface area contributed by atoms with Crippen molar-refractivity contribution in [3.63, 3.8) is 0 Å². The van der Waals surface area contributed by atoms with Crippen LogP contribution >= 0.6 is 0 Å². The number of β-lactam (4-membered cyclic amide) rings is 1. The number of carbonyl (C=O) groups excluding carboxylic acids is 1. The Morgan fingerprint density at radius 2 is 1.38 bits per heavy atom. The first-order chi connectivity index (χ1) is 18.9. The topological polar surface area (TPSA) is 59.0 Å². The van der Waals surface area contributed by atoms with Gasteiger partial charge in [-0.15, -0.1) is 0 Å². The molecule has 1 saturated heterocycles. The summed E-state index contributed by atoms with van der Waals surface area (Å²) in [4.78, 5) is 15.0. The minimum Gasteiger partial charge on any atom is -0.493 e. The van der Waals surface area contributed by atoms with Gasteiger partial charge in [0.15, 0.2) is 11.5 Å². The quantitative estimate of drug-likeness (QED) is 0.241. The summed E-state index contributed by atoms with van der Waals surface area (Å²) < 4.78 is 37.7. The van der Waals surface area contributed by atoms with Crippen molar-refractivity contribution in [1.82, 2.24) is 0 Å². The molecule has 1 aliphatic heterocycles. The molecule has 7 heteroatoms. The standard InChI is InChI=1S/C32H29F2NO4/c1-38-29-18-9-23(19-30(29)39-2)20-3-5-22(6-4-20)31-27(16-17-28(36)21-7-10-24(33)11-8-21)32(37)35(31)26-14-12-25(34)13-15-26/h3-15,18-19,27-28,31,36H,16-17H2,1-2H3/t27-,28+,31-/m1/s1. The summed E-state index contributed by atoms with van der Waals surface area (Å²) in [5, 5.41) is 10.7. The maximum Gasteiger partial charge on any atom is 0.233 e. The van der Waals surface area contributed by atoms with Gasteiger partial charge in [0.05, 0.1) is 32.3 Å². The van der Waals surface area contributed by atoms with Crippen LogP contribution < -0.4 is 14.4 Å². The van der Waals surface area contributed by atoms with Gasteiger partial charge in [-0.1, -0.05) is 42.5 Å². The van der Waals surface area contributed by atoms with Gasteiger partial charge < -0.3 is 19.5 Å². The first-order valence-corrected chi connectivity index (χ1v) is 12.7. The molecule has 1 heterocycles. The predicted molar refractivity (Wildman–Crippen MR) is 146 cm³/mol. The molecule has 1 aliphatic rings. The monoisotopic (exact) mass is 529 g/mol. The second-order valence-corrected chi connectivity index (χ2v) is 9.57. The number of anilines is 1. The van der Waals surface area contributed by atoms with E-state index in [0.29, 0.717) is 35.6 Å². The zero-order valence-electron chi connectivity index (χ0n) is 21.7. The fourth-order valence-electron chi connectivity index (χ4n) is 5.18. The number of aliphatic hydroxyl groups is 1. The normalized spacial score (nSPS) is 17.5. The van der Waals surface area contributed by atoms with Crippen LogP contribution in [0.4, 0.5) is 14.5 Å². The van der Waals surface area contributed by atoms with Gasteiger partial charge in [-0.05, 0) is 83.6 Å². The molecule has 0 bridgehead atoms. The van der Waals surface area contributed by atoms with Crippen molar-refractivity contribution in [1.29, 1.82) is 0 Å². The molecule has 0 spiro atoms. The smallest absolute Gasteiger partial charge is 0.233 e. The number of methoxy groups -OCH3 is 2. The molecular formula is C32H29F2NO4. The van der Waals surface area contributed by atoms with Crippen molar-refractivity contribution in [2.24, 2.45) is 5.92 Å². The Kier molecular flexibility index (Phi) is 7.61. The third-order valence-electron chi connectivity index (χ3n) is 7.29. The molecule has 200 valence electrons. The highest BCUT2D eigenvalue weighted by molar-refractivity contribution is 6.03. The summed E-state index contributed by atoms with van der Waals surface area (Å²) >= 11 is 0. The SMILES string of the molecule is COc1ccc(-c2ccc([C@@H]3[C@@H](CC[C@H](O)c4ccc(F)cc4)C(=O)N3c3ccc(F)cc3)cc2)cc1OC. The van der Waals surface area contributed by atoms with E-state index in [0.717, 1.165) is 16.7 Å². The molecule has 0 saturated carbocycles. The number of hydrogen-bond acceptors (Lipinski definition) is 4. The number of aliphatic hydroxyl groups excluding tert-OH is 1. The van der Waals surface area contributed by atoms with Crippen LogP contribution in [-0.4, -0.2) is 25.2 Å². The lowest BCUT2D eigenvalue weighted by Gasteiger charge is -2.48. The first kappa shape index (κ1) is 26.4. The van der Waals surface area contributed by atoms with Gasteiger partial charge in [0.25, 0.3) is 0 Å². The Hall–Kier alpha value is -4.23. The highest BCUT2D eigenvalue weighted by Gasteiger charge is 2.48. The second-order valence-electron chi connectivity index (χ2n) is 9.57. The second kappa shape index (κ2) is 11.3. The van der Waals surface area contributed by atoms with E-state index >= 15 is 0 Å². The lowest BCUT2D eigenvalue weighted by atomic mass is 9.78. The molecule has 0 unspecified atom stereocenters. The van der Waals surface area contributed by atoms with E-state index in [-0.39, 0.29) is 29.5 Å². The summed E-state index contributed by atoms with van der Waals surface area (Å²) in [5.41, 5.74) is 4.09. The van der Waals surface area contributed by atoms with Crippen LogP contribution in [0.1, 0.15) is 36.1 Å². The number of ether oxygens (including phenoxy) is 2. The zero-order valence-corrected chi connectivity index (χ0v) is 21.7. The van der Waals surface area contributed by atoms with Crippen LogP contribution in [0.3, 0.4) is 0 Å². The fourth-order valence-corrected chi connectivity index (χ4v) is 5.18. The molecular weight excluding hydrogens is 500 g/mol. The van der Waals surface area contributed by atoms with Gasteiger partial charge in [0.2, 0.25) is 5.91 Å². The molecule has 5 nitrogen and oxygen atoms in total. The predicted octanol–water partition coefficient (Wildman–Crippen LogP) is 6.87. The molecule has 4 aromatic rings. The molecule has 0 aromatic heterocycles. The number of amides is 1. The fraction of sp³-hybridized carbons (Fsp3) is 0.219. The molecule has 1 fully saturated rings. The Morgan fingerprint density at radius 3 is 2.00 bits per heavy atom. The van der Waals surface area contributed by atoms with Gasteiger partial charge in [0, 0.05) is 5.69 Å². The van der Waals surface area contributed by atoms with E-state index in [2.05, 4.69) is 0 Å². The lowest BCUT2D eigenvalue weighted by molar-refractivity contribution is -0.131. The van der Waals surface area contributed by atoms with E-state index in [1.165, 1.54) is 24.3 Å². The maximum atomic E-state index is 13.6. The lowest BCUT2D eigenvalue weighted by Crippen LogP contribution is -2.55. The molecule has 39 heavy (non-hydrogen) atoms. The Balaban J connectivity index is 1.40. The van der Waals surface area contributed by atoms with Crippen LogP contribution in [0.5, 0.6) is 11.5 Å². The van der Waals surface area contributed by atoms with E-state index in [4.69, 9.17) is 9.47 Å². The molecule has 0 aliphatic carbocycles. The highest BCUT2D eigenvalue weighted by Crippen LogP contribution is 2.46. The van der Waals surface area contributed by atoms with Gasteiger partial charge in [0.1, 0.15) is 11.6 Å². The highest BCUT2D eigenvalue weighted by atomic mass is 19.1. The van der Waals surface area contributed by atoms with Crippen molar-refractivity contribution in [2.75, 3.05) is 19.1 Å². The summed E-state index contributed by atoms with van der Waals surface area (Å²) in [6.07, 6.45) is -0.0252. The molecule has 3 atom stereocenters. The van der Waals surface area contributed by atoms with Crippen molar-refractivity contribution >= 4 is 11.6 Å². The summed E-state index contributed by atoms with van der Waals surface area (Å²) in [5.74, 6) is 0.0875. The van der Waals surface area contributed by atoms with Gasteiger partial charge in [-0.2, -0.15) is 0 Å². The average Bonchev–Trinajstić information content (AvgIpc) is 2.96. The van der Waals surface area contributed by atoms with E-state index in [9.17, 15) is 18.7 Å². The van der Waals surface area contributed by atoms with Crippen LogP contribution in [-0.2, 0) is 4.79 Å². The number of halogens is 2. The van der Waals surface area contributed by atoms with Crippen LogP contribution in [0.25, 0.3) is 11.1 Å². The van der Waals surface area contributed by atoms with Crippen molar-refractivity contribution < 1.29 is 28.2 Å². The molecule has 0 radical (unpaired) electrons. The van der Waals surface area contributed by atoms with Gasteiger partial charge in [-0.3, -0.25) is 4.79 Å². The van der Waals surface area contributed by atoms with Crippen molar-refractivity contribution in [3.05, 3.63) is 114 Å². The van der Waals surface area contributed by atoms with Crippen LogP contribution in [0.15, 0.2) is 91.0 Å². The molecule has 5 rings (SSSR count). The number of carbonyl (C=O) groups is 1. The summed E-state index contributed by atoms with van der Waals surface area (Å²) in [6, 6.07) is 25.0. The van der Waals surface area contributed by atoms with Crippen molar-refractivity contribution in [3.8, 4) is 22.6 Å². The Bertz CT molecular complexity index is 1440. The summed E-state index contributed by atoms with van der Waals surface area (Å²) in [7, 11) is 3.18. The third kappa shape index (κ3) is 5.36. The number of rotatable bonds is 9. The van der Waals surface area contributed by atoms with Gasteiger partial charge >= 0.3 is 0 Å². The largest absolute Gasteiger partial charge is 0.493 e. The molecule has 1 amide bonds. The zero-order chi connectivity index (χ0) is 27.5. The molecule has 1 N–H and O–H groups in total. The van der Waals surface area contributed by atoms with Crippen molar-refractivity contribution in [2.45, 2.75) is 25.0 Å². The Labute approximate surface area is 226 Å². The van der Waals surface area contributed by atoms with E-state index in [1.54, 1.807) is 43.4 Å². The Morgan fingerprint density at radius 1 is 0.795 bits per heavy atom. The van der Waals surface area contributed by atoms with Gasteiger partial charge in [-0.25, -0.2) is 8.78 Å². The van der Waals surface area contributed by atoms with E-state index < -0.39 is 6.10 Å². The van der Waals surface area contributed by atoms with Crippen LogP contribution in [0, 0.1) is 17.6 Å². The van der Waals surface area contributed by atoms with E-state index in [1.807, 2.05) is 42.5 Å².